The minimum Gasteiger partial charge on any atom is -0.330 e. The summed E-state index contributed by atoms with van der Waals surface area (Å²) < 4.78 is 17.0. The van der Waals surface area contributed by atoms with Crippen molar-refractivity contribution in [2.24, 2.45) is 0 Å². The fourth-order valence-corrected chi connectivity index (χ4v) is 2.04. The van der Waals surface area contributed by atoms with Crippen molar-refractivity contribution in [1.29, 1.82) is 0 Å². The van der Waals surface area contributed by atoms with Crippen molar-refractivity contribution < 1.29 is 9.18 Å². The fraction of sp³-hybridized carbons (Fsp3) is 0.400. The summed E-state index contributed by atoms with van der Waals surface area (Å²) in [6.07, 6.45) is 2.11. The number of rotatable bonds is 1. The molecule has 80 valence electrons. The van der Waals surface area contributed by atoms with Gasteiger partial charge in [-0.1, -0.05) is 0 Å². The van der Waals surface area contributed by atoms with Crippen LogP contribution in [0.5, 0.6) is 0 Å². The maximum Gasteiger partial charge on any atom is 0.273 e. The van der Waals surface area contributed by atoms with Crippen molar-refractivity contribution in [1.82, 2.24) is 9.27 Å². The van der Waals surface area contributed by atoms with Gasteiger partial charge in [-0.25, -0.2) is 4.39 Å². The Morgan fingerprint density at radius 2 is 2.47 bits per heavy atom. The Labute approximate surface area is 91.4 Å². The number of aromatic nitrogens is 1. The summed E-state index contributed by atoms with van der Waals surface area (Å²) in [6.45, 7) is 2.55. The van der Waals surface area contributed by atoms with Crippen LogP contribution in [0.1, 0.15) is 21.8 Å². The molecule has 0 fully saturated rings. The molecule has 3 nitrogen and oxygen atoms in total. The molecule has 1 aromatic heterocycles. The van der Waals surface area contributed by atoms with Gasteiger partial charge in [0.2, 0.25) is 0 Å². The van der Waals surface area contributed by atoms with Gasteiger partial charge in [0.25, 0.3) is 5.91 Å². The van der Waals surface area contributed by atoms with E-state index in [-0.39, 0.29) is 18.3 Å². The molecule has 0 aliphatic carbocycles. The van der Waals surface area contributed by atoms with Crippen LogP contribution in [0.15, 0.2) is 18.0 Å². The first-order chi connectivity index (χ1) is 7.16. The quantitative estimate of drug-likeness (QED) is 0.735. The Hall–Kier alpha value is -1.23. The van der Waals surface area contributed by atoms with E-state index in [1.807, 2.05) is 6.92 Å². The normalized spacial score (nSPS) is 16.4. The monoisotopic (exact) mass is 226 g/mol. The molecule has 2 rings (SSSR count). The molecule has 0 bridgehead atoms. The van der Waals surface area contributed by atoms with Crippen LogP contribution in [0.4, 0.5) is 4.39 Å². The van der Waals surface area contributed by atoms with Gasteiger partial charge in [0, 0.05) is 11.4 Å². The number of amides is 1. The lowest BCUT2D eigenvalue weighted by Crippen LogP contribution is -2.35. The molecule has 0 spiro atoms. The standard InChI is InChI=1S/C10H11FN2OS/c1-7-5-9(12-15-7)10(14)13-4-2-3-8(11)6-13/h3,5H,2,4,6H2,1H3. The summed E-state index contributed by atoms with van der Waals surface area (Å²) in [4.78, 5) is 14.3. The Morgan fingerprint density at radius 1 is 1.67 bits per heavy atom. The van der Waals surface area contributed by atoms with E-state index in [4.69, 9.17) is 0 Å². The molecule has 0 saturated carbocycles. The molecule has 0 unspecified atom stereocenters. The third kappa shape index (κ3) is 2.23. The van der Waals surface area contributed by atoms with Crippen LogP contribution in [0, 0.1) is 6.92 Å². The van der Waals surface area contributed by atoms with E-state index >= 15 is 0 Å². The largest absolute Gasteiger partial charge is 0.330 e. The number of aryl methyl sites for hydroxylation is 1. The van der Waals surface area contributed by atoms with Crippen molar-refractivity contribution in [2.45, 2.75) is 13.3 Å². The summed E-state index contributed by atoms with van der Waals surface area (Å²) in [5.74, 6) is -0.413. The van der Waals surface area contributed by atoms with Crippen molar-refractivity contribution in [3.8, 4) is 0 Å². The number of nitrogens with zero attached hydrogens (tertiary/aromatic N) is 2. The minimum absolute atomic E-state index is 0.0788. The van der Waals surface area contributed by atoms with Crippen LogP contribution in [-0.2, 0) is 0 Å². The molecule has 0 aromatic carbocycles. The highest BCUT2D eigenvalue weighted by molar-refractivity contribution is 7.05. The molecule has 0 saturated heterocycles. The minimum atomic E-state index is -0.235. The summed E-state index contributed by atoms with van der Waals surface area (Å²) in [5, 5.41) is 0. The van der Waals surface area contributed by atoms with Gasteiger partial charge in [0.1, 0.15) is 11.5 Å². The predicted octanol–water partition coefficient (Wildman–Crippen LogP) is 2.15. The molecule has 1 amide bonds. The van der Waals surface area contributed by atoms with E-state index in [1.54, 1.807) is 6.07 Å². The van der Waals surface area contributed by atoms with E-state index in [0.717, 1.165) is 4.88 Å². The lowest BCUT2D eigenvalue weighted by Gasteiger charge is -2.23. The maximum atomic E-state index is 13.0. The smallest absolute Gasteiger partial charge is 0.273 e. The Kier molecular flexibility index (Phi) is 2.81. The summed E-state index contributed by atoms with van der Waals surface area (Å²) in [7, 11) is 0. The molecule has 0 radical (unpaired) electrons. The van der Waals surface area contributed by atoms with Crippen LogP contribution < -0.4 is 0 Å². The third-order valence-corrected chi connectivity index (χ3v) is 2.93. The first-order valence-corrected chi connectivity index (χ1v) is 5.51. The maximum absolute atomic E-state index is 13.0. The van der Waals surface area contributed by atoms with E-state index in [2.05, 4.69) is 4.37 Å². The average Bonchev–Trinajstić information content (AvgIpc) is 2.64. The van der Waals surface area contributed by atoms with Gasteiger partial charge in [-0.2, -0.15) is 4.37 Å². The number of carbonyl (C=O) groups excluding carboxylic acids is 1. The van der Waals surface area contributed by atoms with Gasteiger partial charge in [-0.3, -0.25) is 4.79 Å². The van der Waals surface area contributed by atoms with Gasteiger partial charge >= 0.3 is 0 Å². The second kappa shape index (κ2) is 4.10. The molecule has 15 heavy (non-hydrogen) atoms. The van der Waals surface area contributed by atoms with Crippen LogP contribution in [0.3, 0.4) is 0 Å². The molecule has 1 aromatic rings. The molecule has 0 atom stereocenters. The van der Waals surface area contributed by atoms with Crippen molar-refractivity contribution in [3.63, 3.8) is 0 Å². The van der Waals surface area contributed by atoms with Gasteiger partial charge in [0.15, 0.2) is 0 Å². The Morgan fingerprint density at radius 3 is 3.07 bits per heavy atom. The highest BCUT2D eigenvalue weighted by atomic mass is 32.1. The number of hydrogen-bond donors (Lipinski definition) is 0. The van der Waals surface area contributed by atoms with E-state index in [1.165, 1.54) is 22.5 Å². The zero-order chi connectivity index (χ0) is 10.8. The van der Waals surface area contributed by atoms with Crippen LogP contribution in [-0.4, -0.2) is 28.3 Å². The van der Waals surface area contributed by atoms with Gasteiger partial charge in [-0.15, -0.1) is 0 Å². The zero-order valence-corrected chi connectivity index (χ0v) is 9.18. The van der Waals surface area contributed by atoms with Crippen molar-refractivity contribution in [2.75, 3.05) is 13.1 Å². The van der Waals surface area contributed by atoms with Crippen molar-refractivity contribution in [3.05, 3.63) is 28.5 Å². The highest BCUT2D eigenvalue weighted by Crippen LogP contribution is 2.15. The third-order valence-electron chi connectivity index (χ3n) is 2.24. The molecule has 2 heterocycles. The molecule has 1 aliphatic heterocycles. The van der Waals surface area contributed by atoms with Gasteiger partial charge < -0.3 is 4.90 Å². The highest BCUT2D eigenvalue weighted by Gasteiger charge is 2.21. The summed E-state index contributed by atoms with van der Waals surface area (Å²) in [5.41, 5.74) is 0.423. The second-order valence-corrected chi connectivity index (χ2v) is 4.50. The number of hydrogen-bond acceptors (Lipinski definition) is 3. The summed E-state index contributed by atoms with van der Waals surface area (Å²) >= 11 is 1.29. The molecule has 5 heteroatoms. The van der Waals surface area contributed by atoms with Gasteiger partial charge in [0.05, 0.1) is 6.54 Å². The first kappa shape index (κ1) is 10.3. The molecular weight excluding hydrogens is 215 g/mol. The Bertz CT molecular complexity index is 413. The van der Waals surface area contributed by atoms with Crippen LogP contribution in [0.25, 0.3) is 0 Å². The topological polar surface area (TPSA) is 33.2 Å². The lowest BCUT2D eigenvalue weighted by atomic mass is 10.2. The van der Waals surface area contributed by atoms with Crippen LogP contribution >= 0.6 is 11.5 Å². The van der Waals surface area contributed by atoms with E-state index in [0.29, 0.717) is 18.7 Å². The molecule has 0 N–H and O–H groups in total. The number of halogens is 1. The predicted molar refractivity (Wildman–Crippen MR) is 56.6 cm³/mol. The van der Waals surface area contributed by atoms with Crippen LogP contribution in [0.2, 0.25) is 0 Å². The number of carbonyl (C=O) groups is 1. The van der Waals surface area contributed by atoms with Crippen molar-refractivity contribution >= 4 is 17.4 Å². The lowest BCUT2D eigenvalue weighted by molar-refractivity contribution is 0.0750. The fourth-order valence-electron chi connectivity index (χ4n) is 1.51. The Balaban J connectivity index is 2.12. The average molecular weight is 226 g/mol. The van der Waals surface area contributed by atoms with E-state index in [9.17, 15) is 9.18 Å². The zero-order valence-electron chi connectivity index (χ0n) is 8.36. The van der Waals surface area contributed by atoms with E-state index < -0.39 is 0 Å². The molecular formula is C10H11FN2OS. The molecule has 1 aliphatic rings. The van der Waals surface area contributed by atoms with Gasteiger partial charge in [-0.05, 0) is 37.0 Å². The summed E-state index contributed by atoms with van der Waals surface area (Å²) in [6, 6.07) is 1.74. The first-order valence-electron chi connectivity index (χ1n) is 4.74. The SMILES string of the molecule is Cc1cc(C(=O)N2CCC=C(F)C2)ns1. The second-order valence-electron chi connectivity index (χ2n) is 3.49.